The summed E-state index contributed by atoms with van der Waals surface area (Å²) in [6.07, 6.45) is 0. The van der Waals surface area contributed by atoms with Crippen LogP contribution in [0.4, 0.5) is 5.69 Å². The minimum atomic E-state index is -0.374. The van der Waals surface area contributed by atoms with E-state index in [2.05, 4.69) is 26.6 Å². The molecule has 1 aromatic carbocycles. The van der Waals surface area contributed by atoms with Crippen LogP contribution in [0.15, 0.2) is 22.7 Å². The Kier molecular flexibility index (Phi) is 5.93. The van der Waals surface area contributed by atoms with Gasteiger partial charge in [0.25, 0.3) is 0 Å². The Morgan fingerprint density at radius 1 is 1.50 bits per heavy atom. The summed E-state index contributed by atoms with van der Waals surface area (Å²) >= 11 is 3.38. The summed E-state index contributed by atoms with van der Waals surface area (Å²) in [5.74, 6) is -0.361. The van der Waals surface area contributed by atoms with Gasteiger partial charge in [-0.15, -0.1) is 0 Å². The van der Waals surface area contributed by atoms with Crippen LogP contribution in [-0.4, -0.2) is 56.1 Å². The van der Waals surface area contributed by atoms with Gasteiger partial charge in [-0.1, -0.05) is 15.9 Å². The third kappa shape index (κ3) is 4.53. The number of aryl methyl sites for hydroxylation is 1. The average molecular weight is 370 g/mol. The molecule has 1 aliphatic heterocycles. The van der Waals surface area contributed by atoms with Gasteiger partial charge in [-0.05, 0) is 30.7 Å². The second kappa shape index (κ2) is 7.71. The van der Waals surface area contributed by atoms with Gasteiger partial charge in [-0.25, -0.2) is 0 Å². The smallest absolute Gasteiger partial charge is 0.243 e. The number of anilines is 1. The topological polar surface area (TPSA) is 70.7 Å². The summed E-state index contributed by atoms with van der Waals surface area (Å²) in [6.45, 7) is 3.52. The molecule has 2 amide bonds. The molecule has 1 atom stereocenters. The second-order valence-electron chi connectivity index (χ2n) is 5.28. The summed E-state index contributed by atoms with van der Waals surface area (Å²) in [5, 5.41) is 5.91. The van der Waals surface area contributed by atoms with Gasteiger partial charge >= 0.3 is 0 Å². The van der Waals surface area contributed by atoms with Gasteiger partial charge in [0.15, 0.2) is 0 Å². The van der Waals surface area contributed by atoms with E-state index in [1.54, 1.807) is 7.05 Å². The predicted molar refractivity (Wildman–Crippen MR) is 87.8 cm³/mol. The largest absolute Gasteiger partial charge is 0.378 e. The van der Waals surface area contributed by atoms with Crippen molar-refractivity contribution in [2.75, 3.05) is 38.7 Å². The zero-order valence-corrected chi connectivity index (χ0v) is 14.3. The number of hydrogen-bond donors (Lipinski definition) is 2. The summed E-state index contributed by atoms with van der Waals surface area (Å²) in [5.41, 5.74) is 1.70. The highest BCUT2D eigenvalue weighted by Gasteiger charge is 2.25. The van der Waals surface area contributed by atoms with E-state index in [0.717, 1.165) is 15.7 Å². The standard InChI is InChI=1S/C15H20BrN3O3/c1-10-7-11(16)3-4-12(10)18-14(20)8-19(2)15(21)13-9-22-6-5-17-13/h3-4,7,13,17H,5-6,8-9H2,1-2H3,(H,18,20). The van der Waals surface area contributed by atoms with Gasteiger partial charge in [-0.3, -0.25) is 9.59 Å². The third-order valence-electron chi connectivity index (χ3n) is 3.44. The molecule has 1 unspecified atom stereocenters. The first-order valence-electron chi connectivity index (χ1n) is 7.09. The van der Waals surface area contributed by atoms with Gasteiger partial charge in [0, 0.05) is 23.8 Å². The molecule has 22 heavy (non-hydrogen) atoms. The lowest BCUT2D eigenvalue weighted by molar-refractivity contribution is -0.137. The molecule has 0 saturated carbocycles. The Morgan fingerprint density at radius 3 is 2.91 bits per heavy atom. The molecule has 1 fully saturated rings. The van der Waals surface area contributed by atoms with Crippen molar-refractivity contribution in [3.63, 3.8) is 0 Å². The first-order valence-corrected chi connectivity index (χ1v) is 7.89. The first-order chi connectivity index (χ1) is 10.5. The minimum Gasteiger partial charge on any atom is -0.378 e. The average Bonchev–Trinajstić information content (AvgIpc) is 2.50. The Hall–Kier alpha value is -1.44. The van der Waals surface area contributed by atoms with E-state index in [1.165, 1.54) is 4.90 Å². The number of rotatable bonds is 4. The van der Waals surface area contributed by atoms with Crippen molar-refractivity contribution in [1.29, 1.82) is 0 Å². The van der Waals surface area contributed by atoms with Gasteiger partial charge in [0.2, 0.25) is 11.8 Å². The van der Waals surface area contributed by atoms with Crippen molar-refractivity contribution < 1.29 is 14.3 Å². The molecule has 0 radical (unpaired) electrons. The van der Waals surface area contributed by atoms with Crippen LogP contribution in [0.5, 0.6) is 0 Å². The van der Waals surface area contributed by atoms with Gasteiger partial charge in [0.05, 0.1) is 19.8 Å². The second-order valence-corrected chi connectivity index (χ2v) is 6.20. The van der Waals surface area contributed by atoms with Crippen LogP contribution in [-0.2, 0) is 14.3 Å². The maximum absolute atomic E-state index is 12.2. The maximum atomic E-state index is 12.2. The van der Waals surface area contributed by atoms with Crippen LogP contribution >= 0.6 is 15.9 Å². The summed E-state index contributed by atoms with van der Waals surface area (Å²) in [6, 6.07) is 5.24. The van der Waals surface area contributed by atoms with E-state index in [0.29, 0.717) is 19.8 Å². The Labute approximate surface area is 138 Å². The summed E-state index contributed by atoms with van der Waals surface area (Å²) in [4.78, 5) is 25.7. The lowest BCUT2D eigenvalue weighted by Crippen LogP contribution is -2.52. The SMILES string of the molecule is Cc1cc(Br)ccc1NC(=O)CN(C)C(=O)C1COCCN1. The van der Waals surface area contributed by atoms with Crippen molar-refractivity contribution in [2.45, 2.75) is 13.0 Å². The normalized spacial score (nSPS) is 17.9. The molecule has 0 aliphatic carbocycles. The summed E-state index contributed by atoms with van der Waals surface area (Å²) in [7, 11) is 1.62. The van der Waals surface area contributed by atoms with Crippen LogP contribution in [0, 0.1) is 6.92 Å². The molecule has 1 saturated heterocycles. The molecule has 1 aromatic rings. The van der Waals surface area contributed by atoms with Crippen LogP contribution in [0.1, 0.15) is 5.56 Å². The highest BCUT2D eigenvalue weighted by Crippen LogP contribution is 2.19. The molecule has 6 nitrogen and oxygen atoms in total. The zero-order valence-electron chi connectivity index (χ0n) is 12.7. The predicted octanol–water partition coefficient (Wildman–Crippen LogP) is 1.14. The van der Waals surface area contributed by atoms with Crippen molar-refractivity contribution in [2.24, 2.45) is 0 Å². The monoisotopic (exact) mass is 369 g/mol. The molecule has 0 aromatic heterocycles. The number of benzene rings is 1. The fourth-order valence-corrected chi connectivity index (χ4v) is 2.72. The van der Waals surface area contributed by atoms with Crippen molar-refractivity contribution >= 4 is 33.4 Å². The van der Waals surface area contributed by atoms with Gasteiger partial charge < -0.3 is 20.3 Å². The quantitative estimate of drug-likeness (QED) is 0.834. The fraction of sp³-hybridized carbons (Fsp3) is 0.467. The number of morpholine rings is 1. The minimum absolute atomic E-state index is 0.00647. The van der Waals surface area contributed by atoms with Gasteiger partial charge in [-0.2, -0.15) is 0 Å². The molecule has 7 heteroatoms. The van der Waals surface area contributed by atoms with Crippen molar-refractivity contribution in [3.05, 3.63) is 28.2 Å². The number of hydrogen-bond acceptors (Lipinski definition) is 4. The van der Waals surface area contributed by atoms with Crippen LogP contribution in [0.25, 0.3) is 0 Å². The molecule has 0 bridgehead atoms. The molecule has 2 rings (SSSR count). The molecule has 1 aliphatic rings. The van der Waals surface area contributed by atoms with E-state index < -0.39 is 0 Å². The third-order valence-corrected chi connectivity index (χ3v) is 3.93. The van der Waals surface area contributed by atoms with E-state index in [-0.39, 0.29) is 24.4 Å². The number of carbonyl (C=O) groups excluding carboxylic acids is 2. The molecule has 120 valence electrons. The molecule has 1 heterocycles. The van der Waals surface area contributed by atoms with E-state index in [4.69, 9.17) is 4.74 Å². The number of likely N-dealkylation sites (N-methyl/N-ethyl adjacent to an activating group) is 1. The lowest BCUT2D eigenvalue weighted by atomic mass is 10.2. The molecular weight excluding hydrogens is 350 g/mol. The number of nitrogens with zero attached hydrogens (tertiary/aromatic N) is 1. The summed E-state index contributed by atoms with van der Waals surface area (Å²) < 4.78 is 6.22. The fourth-order valence-electron chi connectivity index (χ4n) is 2.24. The van der Waals surface area contributed by atoms with E-state index >= 15 is 0 Å². The van der Waals surface area contributed by atoms with Gasteiger partial charge in [0.1, 0.15) is 6.04 Å². The van der Waals surface area contributed by atoms with Crippen LogP contribution < -0.4 is 10.6 Å². The number of halogens is 1. The number of carbonyl (C=O) groups is 2. The zero-order chi connectivity index (χ0) is 16.1. The van der Waals surface area contributed by atoms with E-state index in [1.807, 2.05) is 25.1 Å². The highest BCUT2D eigenvalue weighted by atomic mass is 79.9. The molecule has 2 N–H and O–H groups in total. The molecule has 0 spiro atoms. The number of amides is 2. The van der Waals surface area contributed by atoms with E-state index in [9.17, 15) is 9.59 Å². The lowest BCUT2D eigenvalue weighted by Gasteiger charge is -2.27. The number of ether oxygens (including phenoxy) is 1. The molecular formula is C15H20BrN3O3. The highest BCUT2D eigenvalue weighted by molar-refractivity contribution is 9.10. The Bertz CT molecular complexity index is 559. The maximum Gasteiger partial charge on any atom is 0.243 e. The van der Waals surface area contributed by atoms with Crippen LogP contribution in [0.2, 0.25) is 0 Å². The van der Waals surface area contributed by atoms with Crippen LogP contribution in [0.3, 0.4) is 0 Å². The van der Waals surface area contributed by atoms with Crippen molar-refractivity contribution in [3.8, 4) is 0 Å². The Balaban J connectivity index is 1.89. The number of nitrogens with one attached hydrogen (secondary N) is 2. The Morgan fingerprint density at radius 2 is 2.27 bits per heavy atom. The first kappa shape index (κ1) is 16.9. The van der Waals surface area contributed by atoms with Crippen molar-refractivity contribution in [1.82, 2.24) is 10.2 Å².